The van der Waals surface area contributed by atoms with Gasteiger partial charge in [-0.25, -0.2) is 4.79 Å². The summed E-state index contributed by atoms with van der Waals surface area (Å²) in [5, 5.41) is 9.45. The smallest absolute Gasteiger partial charge is 0.340 e. The Bertz CT molecular complexity index is 721. The van der Waals surface area contributed by atoms with Crippen LogP contribution in [0.1, 0.15) is 22.8 Å². The second-order valence-corrected chi connectivity index (χ2v) is 4.36. The summed E-state index contributed by atoms with van der Waals surface area (Å²) < 4.78 is 15.6. The third kappa shape index (κ3) is 3.76. The molecule has 1 N–H and O–H groups in total. The maximum absolute atomic E-state index is 11.5. The van der Waals surface area contributed by atoms with Crippen LogP contribution >= 0.6 is 0 Å². The third-order valence-electron chi connectivity index (χ3n) is 2.90. The molecule has 0 fully saturated rings. The van der Waals surface area contributed by atoms with Gasteiger partial charge in [0.25, 0.3) is 0 Å². The van der Waals surface area contributed by atoms with Crippen molar-refractivity contribution >= 4 is 12.0 Å². The summed E-state index contributed by atoms with van der Waals surface area (Å²) in [4.78, 5) is 19.6. The Balaban J connectivity index is 2.48. The number of rotatable bonds is 6. The molecule has 0 spiro atoms. The zero-order chi connectivity index (χ0) is 16.8. The van der Waals surface area contributed by atoms with E-state index in [1.54, 1.807) is 31.2 Å². The molecule has 0 atom stereocenters. The summed E-state index contributed by atoms with van der Waals surface area (Å²) in [5.74, 6) is -0.492. The van der Waals surface area contributed by atoms with Crippen LogP contribution in [0.25, 0.3) is 6.08 Å². The molecule has 0 unspecified atom stereocenters. The van der Waals surface area contributed by atoms with Gasteiger partial charge in [-0.2, -0.15) is 9.97 Å². The highest BCUT2D eigenvalue weighted by atomic mass is 16.5. The molecule has 7 nitrogen and oxygen atoms in total. The molecular weight excluding hydrogens is 300 g/mol. The Kier molecular flexibility index (Phi) is 5.14. The van der Waals surface area contributed by atoms with E-state index in [9.17, 15) is 9.90 Å². The van der Waals surface area contributed by atoms with E-state index in [-0.39, 0.29) is 29.1 Å². The summed E-state index contributed by atoms with van der Waals surface area (Å²) in [6.45, 7) is 1.80. The maximum Gasteiger partial charge on any atom is 0.340 e. The second kappa shape index (κ2) is 7.26. The van der Waals surface area contributed by atoms with Gasteiger partial charge in [-0.05, 0) is 18.6 Å². The van der Waals surface area contributed by atoms with Crippen LogP contribution in [0.2, 0.25) is 0 Å². The standard InChI is InChI=1S/C16H16N2O5/c1-4-6-10-7-5-8-11(14(10)15(19)20)23-16-17-12(21-2)9-13(18-16)22-3/h4-9H,1-3H3,(H,19,20). The van der Waals surface area contributed by atoms with Crippen LogP contribution in [0.5, 0.6) is 23.5 Å². The Morgan fingerprint density at radius 1 is 1.17 bits per heavy atom. The molecule has 1 aromatic carbocycles. The molecule has 2 rings (SSSR count). The van der Waals surface area contributed by atoms with Gasteiger partial charge in [0.15, 0.2) is 0 Å². The highest BCUT2D eigenvalue weighted by Gasteiger charge is 2.17. The van der Waals surface area contributed by atoms with Crippen molar-refractivity contribution < 1.29 is 24.1 Å². The number of hydrogen-bond donors (Lipinski definition) is 1. The molecule has 120 valence electrons. The molecule has 0 radical (unpaired) electrons. The first kappa shape index (κ1) is 16.3. The molecule has 23 heavy (non-hydrogen) atoms. The van der Waals surface area contributed by atoms with Gasteiger partial charge >= 0.3 is 12.0 Å². The van der Waals surface area contributed by atoms with Gasteiger partial charge in [0, 0.05) is 0 Å². The predicted molar refractivity (Wildman–Crippen MR) is 83.3 cm³/mol. The van der Waals surface area contributed by atoms with E-state index < -0.39 is 5.97 Å². The molecule has 0 aliphatic rings. The van der Waals surface area contributed by atoms with Gasteiger partial charge < -0.3 is 19.3 Å². The Labute approximate surface area is 133 Å². The van der Waals surface area contributed by atoms with Gasteiger partial charge in [0.2, 0.25) is 11.8 Å². The van der Waals surface area contributed by atoms with Crippen molar-refractivity contribution in [1.82, 2.24) is 9.97 Å². The second-order valence-electron chi connectivity index (χ2n) is 4.36. The lowest BCUT2D eigenvalue weighted by atomic mass is 10.1. The number of carboxylic acid groups (broad SMARTS) is 1. The Morgan fingerprint density at radius 2 is 1.83 bits per heavy atom. The molecule has 1 heterocycles. The van der Waals surface area contributed by atoms with Crippen LogP contribution in [-0.4, -0.2) is 35.3 Å². The van der Waals surface area contributed by atoms with Gasteiger partial charge in [0.05, 0.1) is 20.3 Å². The molecule has 7 heteroatoms. The van der Waals surface area contributed by atoms with E-state index in [2.05, 4.69) is 9.97 Å². The highest BCUT2D eigenvalue weighted by molar-refractivity contribution is 5.95. The number of methoxy groups -OCH3 is 2. The molecule has 0 saturated carbocycles. The van der Waals surface area contributed by atoms with E-state index in [1.807, 2.05) is 0 Å². The van der Waals surface area contributed by atoms with E-state index in [1.165, 1.54) is 26.4 Å². The topological polar surface area (TPSA) is 90.8 Å². The van der Waals surface area contributed by atoms with Crippen LogP contribution in [0.15, 0.2) is 30.3 Å². The highest BCUT2D eigenvalue weighted by Crippen LogP contribution is 2.29. The number of carboxylic acids is 1. The van der Waals surface area contributed by atoms with Gasteiger partial charge in [0.1, 0.15) is 11.3 Å². The lowest BCUT2D eigenvalue weighted by molar-refractivity contribution is 0.0694. The lowest BCUT2D eigenvalue weighted by Crippen LogP contribution is -2.05. The van der Waals surface area contributed by atoms with Gasteiger partial charge in [-0.3, -0.25) is 0 Å². The Morgan fingerprint density at radius 3 is 2.35 bits per heavy atom. The summed E-state index contributed by atoms with van der Waals surface area (Å²) in [6, 6.07) is 6.33. The maximum atomic E-state index is 11.5. The molecule has 1 aromatic heterocycles. The minimum absolute atomic E-state index is 0.0241. The molecule has 0 aliphatic carbocycles. The number of carbonyl (C=O) groups is 1. The van der Waals surface area contributed by atoms with Crippen molar-refractivity contribution in [3.8, 4) is 23.5 Å². The summed E-state index contributed by atoms with van der Waals surface area (Å²) in [6.07, 6.45) is 3.43. The lowest BCUT2D eigenvalue weighted by Gasteiger charge is -2.11. The number of allylic oxidation sites excluding steroid dienone is 1. The summed E-state index contributed by atoms with van der Waals surface area (Å²) >= 11 is 0. The van der Waals surface area contributed by atoms with E-state index in [4.69, 9.17) is 14.2 Å². The Hall–Kier alpha value is -3.09. The fourth-order valence-electron chi connectivity index (χ4n) is 1.92. The van der Waals surface area contributed by atoms with Crippen molar-refractivity contribution in [2.24, 2.45) is 0 Å². The molecule has 0 amide bonds. The van der Waals surface area contributed by atoms with Crippen molar-refractivity contribution in [2.75, 3.05) is 14.2 Å². The minimum atomic E-state index is -1.11. The number of nitrogens with zero attached hydrogens (tertiary/aromatic N) is 2. The van der Waals surface area contributed by atoms with Crippen LogP contribution < -0.4 is 14.2 Å². The zero-order valence-electron chi connectivity index (χ0n) is 12.9. The van der Waals surface area contributed by atoms with Crippen LogP contribution in [-0.2, 0) is 0 Å². The van der Waals surface area contributed by atoms with Crippen molar-refractivity contribution in [3.05, 3.63) is 41.5 Å². The number of ether oxygens (including phenoxy) is 3. The third-order valence-corrected chi connectivity index (χ3v) is 2.90. The minimum Gasteiger partial charge on any atom is -0.481 e. The number of aromatic carboxylic acids is 1. The largest absolute Gasteiger partial charge is 0.481 e. The van der Waals surface area contributed by atoms with Crippen LogP contribution in [0, 0.1) is 0 Å². The van der Waals surface area contributed by atoms with Gasteiger partial charge in [-0.15, -0.1) is 0 Å². The average Bonchev–Trinajstić information content (AvgIpc) is 2.54. The SMILES string of the molecule is CC=Cc1cccc(Oc2nc(OC)cc(OC)n2)c1C(=O)O. The van der Waals surface area contributed by atoms with E-state index >= 15 is 0 Å². The van der Waals surface area contributed by atoms with Crippen molar-refractivity contribution in [2.45, 2.75) is 6.92 Å². The number of benzene rings is 1. The molecule has 0 saturated heterocycles. The zero-order valence-corrected chi connectivity index (χ0v) is 12.9. The monoisotopic (exact) mass is 316 g/mol. The summed E-state index contributed by atoms with van der Waals surface area (Å²) in [7, 11) is 2.89. The quantitative estimate of drug-likeness (QED) is 0.875. The molecule has 0 aliphatic heterocycles. The average molecular weight is 316 g/mol. The molecule has 2 aromatic rings. The van der Waals surface area contributed by atoms with Gasteiger partial charge in [-0.1, -0.05) is 24.3 Å². The predicted octanol–water partition coefficient (Wildman–Crippen LogP) is 3.02. The molecule has 0 bridgehead atoms. The fraction of sp³-hybridized carbons (Fsp3) is 0.188. The van der Waals surface area contributed by atoms with Crippen molar-refractivity contribution in [3.63, 3.8) is 0 Å². The first-order valence-electron chi connectivity index (χ1n) is 6.73. The van der Waals surface area contributed by atoms with E-state index in [0.717, 1.165) is 0 Å². The fourth-order valence-corrected chi connectivity index (χ4v) is 1.92. The number of hydrogen-bond acceptors (Lipinski definition) is 6. The summed E-state index contributed by atoms with van der Waals surface area (Å²) in [5.41, 5.74) is 0.545. The van der Waals surface area contributed by atoms with E-state index in [0.29, 0.717) is 5.56 Å². The number of aromatic nitrogens is 2. The normalized spacial score (nSPS) is 10.6. The van der Waals surface area contributed by atoms with Crippen LogP contribution in [0.4, 0.5) is 0 Å². The molecular formula is C16H16N2O5. The van der Waals surface area contributed by atoms with Crippen molar-refractivity contribution in [1.29, 1.82) is 0 Å². The van der Waals surface area contributed by atoms with Crippen LogP contribution in [0.3, 0.4) is 0 Å². The first-order chi connectivity index (χ1) is 11.1. The first-order valence-corrected chi connectivity index (χ1v) is 6.73.